The van der Waals surface area contributed by atoms with E-state index in [-0.39, 0.29) is 29.5 Å². The highest BCUT2D eigenvalue weighted by Crippen LogP contribution is 2.33. The number of carbonyl (C=O) groups is 1. The Labute approximate surface area is 146 Å². The third-order valence-corrected chi connectivity index (χ3v) is 4.87. The van der Waals surface area contributed by atoms with Crippen LogP contribution < -0.4 is 10.7 Å². The quantitative estimate of drug-likeness (QED) is 0.749. The second-order valence-corrected chi connectivity index (χ2v) is 6.97. The predicted molar refractivity (Wildman–Crippen MR) is 94.2 cm³/mol. The summed E-state index contributed by atoms with van der Waals surface area (Å²) in [6.07, 6.45) is 4.08. The molecule has 0 saturated heterocycles. The summed E-state index contributed by atoms with van der Waals surface area (Å²) in [5.74, 6) is 0.259. The molecule has 24 heavy (non-hydrogen) atoms. The number of hydrogen-bond acceptors (Lipinski definition) is 3. The number of benzene rings is 1. The Kier molecular flexibility index (Phi) is 3.57. The van der Waals surface area contributed by atoms with Gasteiger partial charge in [-0.15, -0.1) is 0 Å². The fourth-order valence-corrected chi connectivity index (χ4v) is 3.80. The van der Waals surface area contributed by atoms with Crippen LogP contribution in [0.2, 0.25) is 0 Å². The number of carbonyl (C=O) groups excluding carboxylic acids is 1. The van der Waals surface area contributed by atoms with Crippen molar-refractivity contribution in [1.29, 1.82) is 0 Å². The predicted octanol–water partition coefficient (Wildman–Crippen LogP) is 3.40. The van der Waals surface area contributed by atoms with Gasteiger partial charge >= 0.3 is 0 Å². The average Bonchev–Trinajstić information content (AvgIpc) is 3.16. The summed E-state index contributed by atoms with van der Waals surface area (Å²) in [5, 5.41) is 3.33. The number of amides is 1. The van der Waals surface area contributed by atoms with Crippen molar-refractivity contribution in [3.05, 3.63) is 68.3 Å². The zero-order chi connectivity index (χ0) is 16.8. The first kappa shape index (κ1) is 15.2. The van der Waals surface area contributed by atoms with E-state index in [1.54, 1.807) is 30.7 Å². The number of furan rings is 1. The van der Waals surface area contributed by atoms with Gasteiger partial charge in [-0.2, -0.15) is 0 Å². The number of nitrogens with one attached hydrogen (secondary N) is 1. The highest BCUT2D eigenvalue weighted by Gasteiger charge is 2.25. The Hall–Kier alpha value is -2.34. The molecule has 122 valence electrons. The summed E-state index contributed by atoms with van der Waals surface area (Å²) in [6.45, 7) is 2.34. The number of hydrogen-bond donors (Lipinski definition) is 1. The molecule has 0 saturated carbocycles. The van der Waals surface area contributed by atoms with Crippen LogP contribution >= 0.6 is 15.9 Å². The van der Waals surface area contributed by atoms with Crippen LogP contribution in [0.15, 0.2) is 50.4 Å². The van der Waals surface area contributed by atoms with E-state index >= 15 is 0 Å². The lowest BCUT2D eigenvalue weighted by Gasteiger charge is -2.12. The largest absolute Gasteiger partial charge is 0.467 e. The smallest absolute Gasteiger partial charge is 0.257 e. The van der Waals surface area contributed by atoms with Gasteiger partial charge in [0.2, 0.25) is 5.43 Å². The van der Waals surface area contributed by atoms with Crippen molar-refractivity contribution in [2.45, 2.75) is 25.9 Å². The molecule has 0 unspecified atom stereocenters. The molecule has 0 aliphatic carbocycles. The monoisotopic (exact) mass is 386 g/mol. The lowest BCUT2D eigenvalue weighted by Crippen LogP contribution is -2.29. The Morgan fingerprint density at radius 3 is 3.04 bits per heavy atom. The van der Waals surface area contributed by atoms with E-state index in [9.17, 15) is 9.59 Å². The van der Waals surface area contributed by atoms with Crippen molar-refractivity contribution < 1.29 is 9.21 Å². The molecule has 5 nitrogen and oxygen atoms in total. The molecule has 0 spiro atoms. The van der Waals surface area contributed by atoms with Crippen LogP contribution in [-0.4, -0.2) is 10.5 Å². The molecule has 2 aromatic heterocycles. The first-order valence-corrected chi connectivity index (χ1v) is 8.52. The van der Waals surface area contributed by atoms with Crippen LogP contribution in [0.5, 0.6) is 0 Å². The van der Waals surface area contributed by atoms with Gasteiger partial charge < -0.3 is 14.3 Å². The molecule has 1 aliphatic heterocycles. The first-order chi connectivity index (χ1) is 11.5. The molecule has 1 amide bonds. The van der Waals surface area contributed by atoms with Crippen molar-refractivity contribution in [3.63, 3.8) is 0 Å². The average molecular weight is 387 g/mol. The second-order valence-electron chi connectivity index (χ2n) is 6.06. The van der Waals surface area contributed by atoms with Crippen LogP contribution in [0.3, 0.4) is 0 Å². The summed E-state index contributed by atoms with van der Waals surface area (Å²) >= 11 is 3.46. The molecule has 6 heteroatoms. The van der Waals surface area contributed by atoms with Crippen LogP contribution in [0.4, 0.5) is 0 Å². The normalized spacial score (nSPS) is 15.8. The summed E-state index contributed by atoms with van der Waals surface area (Å²) in [6, 6.07) is 7.58. The molecule has 3 heterocycles. The van der Waals surface area contributed by atoms with Gasteiger partial charge in [-0.25, -0.2) is 0 Å². The van der Waals surface area contributed by atoms with Crippen LogP contribution in [-0.2, 0) is 13.0 Å². The highest BCUT2D eigenvalue weighted by molar-refractivity contribution is 9.10. The molecular weight excluding hydrogens is 372 g/mol. The minimum absolute atomic E-state index is 0.159. The van der Waals surface area contributed by atoms with Gasteiger partial charge in [-0.1, -0.05) is 15.9 Å². The molecular formula is C18H15BrN2O3. The Bertz CT molecular complexity index is 1010. The van der Waals surface area contributed by atoms with Gasteiger partial charge in [0.25, 0.3) is 5.91 Å². The lowest BCUT2D eigenvalue weighted by molar-refractivity contribution is 0.0946. The van der Waals surface area contributed by atoms with Gasteiger partial charge in [-0.3, -0.25) is 9.59 Å². The van der Waals surface area contributed by atoms with Crippen molar-refractivity contribution >= 4 is 32.7 Å². The van der Waals surface area contributed by atoms with Crippen molar-refractivity contribution in [3.8, 4) is 0 Å². The standard InChI is InChI=1S/C18H15BrN2O3/c1-10-5-11-6-12(19)7-14-16(11)21(10)9-15(17(14)22)18(23)20-8-13-3-2-4-24-13/h2-4,6-7,9-10H,5,8H2,1H3,(H,20,23)/t10-/m0/s1. The minimum atomic E-state index is -0.386. The van der Waals surface area contributed by atoms with E-state index in [0.29, 0.717) is 11.1 Å². The van der Waals surface area contributed by atoms with Crippen LogP contribution in [0.1, 0.15) is 34.6 Å². The molecule has 4 rings (SSSR count). The minimum Gasteiger partial charge on any atom is -0.467 e. The number of halogens is 1. The first-order valence-electron chi connectivity index (χ1n) is 7.72. The van der Waals surface area contributed by atoms with Crippen molar-refractivity contribution in [2.24, 2.45) is 0 Å². The molecule has 0 bridgehead atoms. The topological polar surface area (TPSA) is 64.2 Å². The molecule has 0 radical (unpaired) electrons. The number of nitrogens with zero attached hydrogens (tertiary/aromatic N) is 1. The zero-order valence-corrected chi connectivity index (χ0v) is 14.6. The SMILES string of the molecule is C[C@H]1Cc2cc(Br)cc3c(=O)c(C(=O)NCc4ccco4)cn1c23. The number of aromatic nitrogens is 1. The highest BCUT2D eigenvalue weighted by atomic mass is 79.9. The van der Waals surface area contributed by atoms with E-state index in [0.717, 1.165) is 22.0 Å². The molecule has 1 aliphatic rings. The molecule has 3 aromatic rings. The number of rotatable bonds is 3. The fourth-order valence-electron chi connectivity index (χ4n) is 3.30. The van der Waals surface area contributed by atoms with Gasteiger partial charge in [0, 0.05) is 22.1 Å². The summed E-state index contributed by atoms with van der Waals surface area (Å²) < 4.78 is 8.09. The van der Waals surface area contributed by atoms with E-state index < -0.39 is 0 Å². The van der Waals surface area contributed by atoms with Gasteiger partial charge in [0.05, 0.1) is 18.3 Å². The maximum absolute atomic E-state index is 12.8. The summed E-state index contributed by atoms with van der Waals surface area (Å²) in [4.78, 5) is 25.3. The van der Waals surface area contributed by atoms with Crippen LogP contribution in [0, 0.1) is 0 Å². The Balaban J connectivity index is 1.78. The third-order valence-electron chi connectivity index (χ3n) is 4.41. The van der Waals surface area contributed by atoms with E-state index in [2.05, 4.69) is 28.2 Å². The van der Waals surface area contributed by atoms with Gasteiger partial charge in [-0.05, 0) is 43.2 Å². The van der Waals surface area contributed by atoms with E-state index in [4.69, 9.17) is 4.42 Å². The van der Waals surface area contributed by atoms with Gasteiger partial charge in [0.1, 0.15) is 11.3 Å². The Morgan fingerprint density at radius 2 is 2.29 bits per heavy atom. The molecule has 1 aromatic carbocycles. The van der Waals surface area contributed by atoms with Crippen LogP contribution in [0.25, 0.3) is 10.9 Å². The summed E-state index contributed by atoms with van der Waals surface area (Å²) in [5.41, 5.74) is 1.98. The van der Waals surface area contributed by atoms with Gasteiger partial charge in [0.15, 0.2) is 0 Å². The zero-order valence-electron chi connectivity index (χ0n) is 13.0. The fraction of sp³-hybridized carbons (Fsp3) is 0.222. The molecule has 1 atom stereocenters. The van der Waals surface area contributed by atoms with Crippen molar-refractivity contribution in [2.75, 3.05) is 0 Å². The van der Waals surface area contributed by atoms with E-state index in [1.807, 2.05) is 10.6 Å². The third kappa shape index (κ3) is 2.38. The molecule has 0 fully saturated rings. The molecule has 1 N–H and O–H groups in total. The van der Waals surface area contributed by atoms with Crippen molar-refractivity contribution in [1.82, 2.24) is 9.88 Å². The number of pyridine rings is 1. The maximum Gasteiger partial charge on any atom is 0.257 e. The maximum atomic E-state index is 12.8. The summed E-state index contributed by atoms with van der Waals surface area (Å²) in [7, 11) is 0. The lowest BCUT2D eigenvalue weighted by atomic mass is 10.1. The Morgan fingerprint density at radius 1 is 1.46 bits per heavy atom. The van der Waals surface area contributed by atoms with E-state index in [1.165, 1.54) is 0 Å². The second kappa shape index (κ2) is 5.63.